The van der Waals surface area contributed by atoms with Gasteiger partial charge in [0, 0.05) is 42.7 Å². The Labute approximate surface area is 306 Å². The summed E-state index contributed by atoms with van der Waals surface area (Å²) in [5.41, 5.74) is 2.87. The lowest BCUT2D eigenvalue weighted by atomic mass is 9.44. The number of Topliss-reactive ketones (excluding diaryl/α,β-unsaturated/α-hetero) is 1. The van der Waals surface area contributed by atoms with Gasteiger partial charge >= 0.3 is 12.1 Å². The van der Waals surface area contributed by atoms with Gasteiger partial charge in [0.2, 0.25) is 0 Å². The Morgan fingerprint density at radius 2 is 1.69 bits per heavy atom. The second kappa shape index (κ2) is 13.0. The van der Waals surface area contributed by atoms with Crippen LogP contribution in [0.1, 0.15) is 78.4 Å². The highest BCUT2D eigenvalue weighted by atomic mass is 16.6. The molecule has 4 aliphatic carbocycles. The number of ether oxygens (including phenoxy) is 2. The maximum atomic E-state index is 14.5. The highest BCUT2D eigenvalue weighted by Gasteiger charge is 2.73. The lowest BCUT2D eigenvalue weighted by Gasteiger charge is -2.60. The number of esters is 1. The fraction of sp³-hybridized carbons (Fsp3) is 0.535. The summed E-state index contributed by atoms with van der Waals surface area (Å²) in [6.07, 6.45) is 8.13. The number of nitrogens with one attached hydrogen (secondary N) is 1. The van der Waals surface area contributed by atoms with Crippen molar-refractivity contribution in [3.05, 3.63) is 83.5 Å². The first-order chi connectivity index (χ1) is 24.5. The van der Waals surface area contributed by atoms with Crippen molar-refractivity contribution in [1.82, 2.24) is 0 Å². The van der Waals surface area contributed by atoms with Gasteiger partial charge in [0.05, 0.1) is 11.5 Å². The normalized spacial score (nSPS) is 33.3. The van der Waals surface area contributed by atoms with E-state index in [1.54, 1.807) is 12.2 Å². The molecule has 0 spiro atoms. The molecule has 2 aromatic carbocycles. The number of rotatable bonds is 7. The molecule has 3 saturated carbocycles. The molecule has 1 heterocycles. The average Bonchev–Trinajstić information content (AvgIpc) is 3.57. The summed E-state index contributed by atoms with van der Waals surface area (Å²) in [4.78, 5) is 53.2. The standard InChI is InChI=1S/C43H52N2O7/c1-26(46)51-24-37(49)43-25-45(32-14-9-28(10-15-32)19-27-7-12-31(13-8-27)44-39(50)52-40(2,3)4)23-30(43)21-35-34-16-11-29-20-33(47)17-18-41(29,5)38(34)36(48)22-42(35,43)6/h7-10,12-15,17-18,20,30,34-36,38,48H,11,16,19,21-25H2,1-6H3,(H,44,50)/t30-,34-,35-,36-,38+,41-,42-,43+/m0/s1. The molecule has 9 heteroatoms. The van der Waals surface area contributed by atoms with E-state index in [0.29, 0.717) is 25.2 Å². The smallest absolute Gasteiger partial charge is 0.412 e. The van der Waals surface area contributed by atoms with Gasteiger partial charge in [-0.3, -0.25) is 19.7 Å². The minimum atomic E-state index is -0.776. The topological polar surface area (TPSA) is 122 Å². The van der Waals surface area contributed by atoms with Crippen LogP contribution in [-0.4, -0.2) is 60.1 Å². The number of aliphatic hydroxyl groups is 1. The molecule has 1 amide bonds. The van der Waals surface area contributed by atoms with Crippen LogP contribution in [0.15, 0.2) is 72.3 Å². The van der Waals surface area contributed by atoms with E-state index in [4.69, 9.17) is 9.47 Å². The third kappa shape index (κ3) is 6.18. The van der Waals surface area contributed by atoms with Gasteiger partial charge in [0.15, 0.2) is 18.2 Å². The molecular formula is C43H52N2O7. The Morgan fingerprint density at radius 3 is 2.35 bits per heavy atom. The van der Waals surface area contributed by atoms with Crippen molar-refractivity contribution in [3.8, 4) is 0 Å². The SMILES string of the molecule is CC(=O)OCC(=O)[C@@]12CN(c3ccc(Cc4ccc(NC(=O)OC(C)(C)C)cc4)cc3)C[C@@H]1C[C@H]1[C@@H]3CCC4=CC(=O)C=C[C@]4(C)[C@H]3[C@@H](O)C[C@@]12C. The quantitative estimate of drug-likeness (QED) is 0.293. The molecule has 5 aliphatic rings. The zero-order chi connectivity index (χ0) is 37.2. The minimum Gasteiger partial charge on any atom is -0.458 e. The van der Waals surface area contributed by atoms with E-state index in [-0.39, 0.29) is 47.3 Å². The maximum Gasteiger partial charge on any atom is 0.412 e. The number of hydrogen-bond acceptors (Lipinski definition) is 8. The van der Waals surface area contributed by atoms with Gasteiger partial charge in [-0.05, 0) is 124 Å². The molecule has 2 aromatic rings. The Kier molecular flexibility index (Phi) is 9.04. The average molecular weight is 709 g/mol. The van der Waals surface area contributed by atoms with E-state index in [0.717, 1.165) is 48.1 Å². The van der Waals surface area contributed by atoms with Crippen molar-refractivity contribution in [3.63, 3.8) is 0 Å². The van der Waals surface area contributed by atoms with Gasteiger partial charge in [-0.2, -0.15) is 0 Å². The minimum absolute atomic E-state index is 0.0166. The molecule has 52 heavy (non-hydrogen) atoms. The van der Waals surface area contributed by atoms with Crippen LogP contribution >= 0.6 is 0 Å². The van der Waals surface area contributed by atoms with Crippen molar-refractivity contribution < 1.29 is 33.8 Å². The van der Waals surface area contributed by atoms with Gasteiger partial charge in [-0.1, -0.05) is 49.8 Å². The van der Waals surface area contributed by atoms with Crippen molar-refractivity contribution in [2.75, 3.05) is 29.9 Å². The molecule has 0 radical (unpaired) electrons. The Bertz CT molecular complexity index is 1820. The Balaban J connectivity index is 1.10. The number of carbonyl (C=O) groups excluding carboxylic acids is 4. The van der Waals surface area contributed by atoms with Gasteiger partial charge < -0.3 is 19.5 Å². The van der Waals surface area contributed by atoms with E-state index < -0.39 is 34.6 Å². The summed E-state index contributed by atoms with van der Waals surface area (Å²) in [5, 5.41) is 14.8. The number of carbonyl (C=O) groups is 4. The van der Waals surface area contributed by atoms with Crippen LogP contribution in [0.3, 0.4) is 0 Å². The summed E-state index contributed by atoms with van der Waals surface area (Å²) >= 11 is 0. The van der Waals surface area contributed by atoms with Crippen molar-refractivity contribution >= 4 is 35.0 Å². The molecule has 4 fully saturated rings. The number of aliphatic hydroxyl groups excluding tert-OH is 1. The van der Waals surface area contributed by atoms with Crippen LogP contribution in [0.5, 0.6) is 0 Å². The van der Waals surface area contributed by atoms with Gasteiger partial charge in [0.25, 0.3) is 0 Å². The van der Waals surface area contributed by atoms with Crippen LogP contribution in [0.4, 0.5) is 16.2 Å². The Hall–Kier alpha value is -4.24. The molecule has 7 rings (SSSR count). The van der Waals surface area contributed by atoms with Crippen LogP contribution in [0.25, 0.3) is 0 Å². The first-order valence-corrected chi connectivity index (χ1v) is 18.7. The predicted octanol–water partition coefficient (Wildman–Crippen LogP) is 7.07. The molecule has 0 bridgehead atoms. The molecule has 0 aromatic heterocycles. The summed E-state index contributed by atoms with van der Waals surface area (Å²) in [6.45, 7) is 12.2. The lowest BCUT2D eigenvalue weighted by Crippen LogP contribution is -2.60. The molecule has 0 unspecified atom stereocenters. The monoisotopic (exact) mass is 708 g/mol. The second-order valence-corrected chi connectivity index (χ2v) is 17.4. The van der Waals surface area contributed by atoms with Crippen LogP contribution in [-0.2, 0) is 30.3 Å². The molecule has 2 N–H and O–H groups in total. The number of ketones is 2. The van der Waals surface area contributed by atoms with Crippen molar-refractivity contribution in [2.45, 2.75) is 85.4 Å². The maximum absolute atomic E-state index is 14.5. The number of hydrogen-bond donors (Lipinski definition) is 2. The van der Waals surface area contributed by atoms with E-state index in [9.17, 15) is 24.3 Å². The van der Waals surface area contributed by atoms with E-state index >= 15 is 0 Å². The van der Waals surface area contributed by atoms with E-state index in [2.05, 4.69) is 48.3 Å². The first kappa shape index (κ1) is 36.1. The van der Waals surface area contributed by atoms with Crippen molar-refractivity contribution in [2.24, 2.45) is 39.9 Å². The molecule has 8 atom stereocenters. The predicted molar refractivity (Wildman–Crippen MR) is 199 cm³/mol. The highest BCUT2D eigenvalue weighted by molar-refractivity contribution is 6.01. The van der Waals surface area contributed by atoms with Gasteiger partial charge in [0.1, 0.15) is 5.60 Å². The zero-order valence-corrected chi connectivity index (χ0v) is 31.2. The van der Waals surface area contributed by atoms with Gasteiger partial charge in [-0.25, -0.2) is 4.79 Å². The number of amides is 1. The van der Waals surface area contributed by atoms with Crippen LogP contribution in [0, 0.1) is 39.9 Å². The van der Waals surface area contributed by atoms with Crippen molar-refractivity contribution in [1.29, 1.82) is 0 Å². The summed E-state index contributed by atoms with van der Waals surface area (Å²) in [7, 11) is 0. The zero-order valence-electron chi connectivity index (χ0n) is 31.2. The number of fused-ring (bicyclic) bond motifs is 7. The molecule has 276 valence electrons. The number of anilines is 2. The summed E-state index contributed by atoms with van der Waals surface area (Å²) in [6, 6.07) is 16.2. The summed E-state index contributed by atoms with van der Waals surface area (Å²) in [5.74, 6) is -0.0183. The molecule has 1 saturated heterocycles. The largest absolute Gasteiger partial charge is 0.458 e. The lowest BCUT2D eigenvalue weighted by molar-refractivity contribution is -0.163. The first-order valence-electron chi connectivity index (χ1n) is 18.7. The molecule has 1 aliphatic heterocycles. The fourth-order valence-corrected chi connectivity index (χ4v) is 11.1. The van der Waals surface area contributed by atoms with Crippen LogP contribution in [0.2, 0.25) is 0 Å². The fourth-order valence-electron chi connectivity index (χ4n) is 11.1. The number of benzene rings is 2. The Morgan fingerprint density at radius 1 is 1.02 bits per heavy atom. The third-order valence-corrected chi connectivity index (χ3v) is 13.2. The second-order valence-electron chi connectivity index (χ2n) is 17.4. The number of nitrogens with zero attached hydrogens (tertiary/aromatic N) is 1. The summed E-state index contributed by atoms with van der Waals surface area (Å²) < 4.78 is 10.7. The molecular weight excluding hydrogens is 656 g/mol. The highest BCUT2D eigenvalue weighted by Crippen LogP contribution is 2.72. The van der Waals surface area contributed by atoms with E-state index in [1.165, 1.54) is 6.92 Å². The molecule has 9 nitrogen and oxygen atoms in total. The van der Waals surface area contributed by atoms with E-state index in [1.807, 2.05) is 51.1 Å². The van der Waals surface area contributed by atoms with Crippen LogP contribution < -0.4 is 10.2 Å². The van der Waals surface area contributed by atoms with Gasteiger partial charge in [-0.15, -0.1) is 0 Å². The third-order valence-electron chi connectivity index (χ3n) is 13.2. The number of allylic oxidation sites excluding steroid dienone is 4.